The second kappa shape index (κ2) is 9.60. The summed E-state index contributed by atoms with van der Waals surface area (Å²) < 4.78 is 28.5. The van der Waals surface area contributed by atoms with Gasteiger partial charge in [-0.25, -0.2) is 13.6 Å². The van der Waals surface area contributed by atoms with Crippen LogP contribution in [0.4, 0.5) is 25.0 Å². The number of carbonyl (C=O) groups is 1. The topological polar surface area (TPSA) is 44.4 Å². The van der Waals surface area contributed by atoms with Gasteiger partial charge in [-0.05, 0) is 49.3 Å². The van der Waals surface area contributed by atoms with Crippen molar-refractivity contribution in [3.05, 3.63) is 54.1 Å². The van der Waals surface area contributed by atoms with Crippen LogP contribution in [0.5, 0.6) is 0 Å². The number of nitrogens with zero attached hydrogens (tertiary/aromatic N) is 1. The second-order valence-electron chi connectivity index (χ2n) is 6.38. The molecule has 3 rings (SSSR count). The molecule has 1 heterocycles. The zero-order valence-corrected chi connectivity index (χ0v) is 15.8. The molecule has 0 saturated carbocycles. The first-order chi connectivity index (χ1) is 13.1. The first kappa shape index (κ1) is 19.5. The van der Waals surface area contributed by atoms with Gasteiger partial charge in [0.15, 0.2) is 11.6 Å². The van der Waals surface area contributed by atoms with Crippen LogP contribution in [0.2, 0.25) is 0 Å². The van der Waals surface area contributed by atoms with Crippen LogP contribution >= 0.6 is 11.8 Å². The van der Waals surface area contributed by atoms with Gasteiger partial charge in [-0.3, -0.25) is 0 Å². The molecule has 0 aromatic heterocycles. The van der Waals surface area contributed by atoms with E-state index < -0.39 is 17.7 Å². The highest BCUT2D eigenvalue weighted by molar-refractivity contribution is 7.99. The van der Waals surface area contributed by atoms with Crippen LogP contribution in [0.1, 0.15) is 19.3 Å². The molecular formula is C20H23F2N3OS. The quantitative estimate of drug-likeness (QED) is 0.523. The Kier molecular flexibility index (Phi) is 6.92. The fourth-order valence-electron chi connectivity index (χ4n) is 3.04. The molecule has 1 fully saturated rings. The van der Waals surface area contributed by atoms with Crippen LogP contribution in [0.15, 0.2) is 47.4 Å². The highest BCUT2D eigenvalue weighted by Gasteiger charge is 2.21. The maximum Gasteiger partial charge on any atom is 0.319 e. The van der Waals surface area contributed by atoms with Crippen LogP contribution in [-0.4, -0.2) is 31.4 Å². The molecule has 2 amide bonds. The third-order valence-electron chi connectivity index (χ3n) is 4.32. The molecule has 0 radical (unpaired) electrons. The number of carbonyl (C=O) groups excluding carboxylic acids is 1. The third kappa shape index (κ3) is 5.60. The Morgan fingerprint density at radius 2 is 1.74 bits per heavy atom. The molecule has 27 heavy (non-hydrogen) atoms. The van der Waals surface area contributed by atoms with Gasteiger partial charge < -0.3 is 15.5 Å². The van der Waals surface area contributed by atoms with Crippen LogP contribution in [0.25, 0.3) is 0 Å². The Hall–Kier alpha value is -2.28. The van der Waals surface area contributed by atoms with Crippen molar-refractivity contribution in [3.8, 4) is 0 Å². The van der Waals surface area contributed by atoms with Gasteiger partial charge in [0.05, 0.1) is 0 Å². The summed E-state index contributed by atoms with van der Waals surface area (Å²) in [6, 6.07) is 11.9. The van der Waals surface area contributed by atoms with Crippen LogP contribution in [0.3, 0.4) is 0 Å². The summed E-state index contributed by atoms with van der Waals surface area (Å²) >= 11 is 1.72. The summed E-state index contributed by atoms with van der Waals surface area (Å²) in [6.07, 6.45) is 2.66. The number of urea groups is 1. The van der Waals surface area contributed by atoms with E-state index in [0.717, 1.165) is 25.0 Å². The number of halogens is 2. The molecule has 4 nitrogen and oxygen atoms in total. The Morgan fingerprint density at radius 3 is 2.41 bits per heavy atom. The summed E-state index contributed by atoms with van der Waals surface area (Å²) in [5.41, 5.74) is 0.112. The highest BCUT2D eigenvalue weighted by atomic mass is 32.2. The molecular weight excluding hydrogens is 368 g/mol. The molecule has 0 unspecified atom stereocenters. The smallest absolute Gasteiger partial charge is 0.319 e. The lowest BCUT2D eigenvalue weighted by atomic mass is 10.2. The molecule has 1 aliphatic heterocycles. The zero-order chi connectivity index (χ0) is 19.1. The lowest BCUT2D eigenvalue weighted by Gasteiger charge is -2.20. The Balaban J connectivity index is 1.43. The third-order valence-corrected chi connectivity index (χ3v) is 5.41. The first-order valence-electron chi connectivity index (χ1n) is 9.10. The number of hydrogen-bond donors (Lipinski definition) is 2. The largest absolute Gasteiger partial charge is 0.367 e. The predicted molar refractivity (Wildman–Crippen MR) is 107 cm³/mol. The van der Waals surface area contributed by atoms with Gasteiger partial charge in [-0.1, -0.05) is 18.2 Å². The summed E-state index contributed by atoms with van der Waals surface area (Å²) in [5.74, 6) is -0.420. The predicted octanol–water partition coefficient (Wildman–Crippen LogP) is 4.87. The molecule has 2 aromatic rings. The highest BCUT2D eigenvalue weighted by Crippen LogP contribution is 2.29. The van der Waals surface area contributed by atoms with E-state index in [1.165, 1.54) is 17.0 Å². The van der Waals surface area contributed by atoms with Crippen molar-refractivity contribution < 1.29 is 13.6 Å². The van der Waals surface area contributed by atoms with Gasteiger partial charge in [0, 0.05) is 30.2 Å². The molecule has 0 aliphatic carbocycles. The average molecular weight is 391 g/mol. The number of benzene rings is 2. The van der Waals surface area contributed by atoms with Gasteiger partial charge in [0.25, 0.3) is 0 Å². The fraction of sp³-hybridized carbons (Fsp3) is 0.350. The normalized spacial score (nSPS) is 13.6. The zero-order valence-electron chi connectivity index (χ0n) is 15.0. The van der Waals surface area contributed by atoms with E-state index in [1.54, 1.807) is 16.7 Å². The van der Waals surface area contributed by atoms with E-state index in [9.17, 15) is 13.6 Å². The van der Waals surface area contributed by atoms with Gasteiger partial charge in [0.1, 0.15) is 5.69 Å². The number of thioether (sulfide) groups is 1. The van der Waals surface area contributed by atoms with E-state index in [0.29, 0.717) is 19.6 Å². The average Bonchev–Trinajstić information content (AvgIpc) is 3.16. The summed E-state index contributed by atoms with van der Waals surface area (Å²) in [7, 11) is 0. The number of rotatable bonds is 7. The van der Waals surface area contributed by atoms with Gasteiger partial charge >= 0.3 is 6.03 Å². The molecule has 1 aliphatic rings. The van der Waals surface area contributed by atoms with Crippen molar-refractivity contribution in [1.29, 1.82) is 0 Å². The van der Waals surface area contributed by atoms with Crippen molar-refractivity contribution in [2.24, 2.45) is 0 Å². The minimum absolute atomic E-state index is 0.00334. The maximum atomic E-state index is 14.3. The van der Waals surface area contributed by atoms with E-state index in [4.69, 9.17) is 0 Å². The molecule has 0 atom stereocenters. The van der Waals surface area contributed by atoms with E-state index in [1.807, 2.05) is 30.3 Å². The van der Waals surface area contributed by atoms with Crippen LogP contribution < -0.4 is 15.5 Å². The number of nitrogens with one attached hydrogen (secondary N) is 2. The van der Waals surface area contributed by atoms with Crippen LogP contribution in [0, 0.1) is 11.6 Å². The van der Waals surface area contributed by atoms with Crippen molar-refractivity contribution >= 4 is 29.2 Å². The monoisotopic (exact) mass is 391 g/mol. The minimum Gasteiger partial charge on any atom is -0.367 e. The fourth-order valence-corrected chi connectivity index (χ4v) is 3.91. The van der Waals surface area contributed by atoms with E-state index in [2.05, 4.69) is 10.6 Å². The minimum atomic E-state index is -0.647. The maximum absolute atomic E-state index is 14.3. The molecule has 1 saturated heterocycles. The number of hydrogen-bond acceptors (Lipinski definition) is 3. The number of anilines is 2. The Labute approximate surface area is 162 Å². The summed E-state index contributed by atoms with van der Waals surface area (Å²) in [5, 5.41) is 5.20. The standard InChI is InChI=1S/C20H23F2N3OS/c21-17-13-15(14-18(22)19(17)25-10-4-5-11-25)24-20(26)23-9-6-12-27-16-7-2-1-3-8-16/h1-3,7-8,13-14H,4-6,9-12H2,(H2,23,24,26). The number of amides is 2. The van der Waals surface area contributed by atoms with Crippen molar-refractivity contribution in [3.63, 3.8) is 0 Å². The Morgan fingerprint density at radius 1 is 1.07 bits per heavy atom. The van der Waals surface area contributed by atoms with Crippen LogP contribution in [-0.2, 0) is 0 Å². The van der Waals surface area contributed by atoms with E-state index >= 15 is 0 Å². The van der Waals surface area contributed by atoms with Crippen molar-refractivity contribution in [1.82, 2.24) is 5.32 Å². The second-order valence-corrected chi connectivity index (χ2v) is 7.55. The Bertz CT molecular complexity index is 744. The lowest BCUT2D eigenvalue weighted by Crippen LogP contribution is -2.30. The van der Waals surface area contributed by atoms with E-state index in [-0.39, 0.29) is 11.4 Å². The summed E-state index contributed by atoms with van der Waals surface area (Å²) in [6.45, 7) is 1.80. The SMILES string of the molecule is O=C(NCCCSc1ccccc1)Nc1cc(F)c(N2CCCC2)c(F)c1. The first-order valence-corrected chi connectivity index (χ1v) is 10.1. The van der Waals surface area contributed by atoms with Gasteiger partial charge in [-0.2, -0.15) is 0 Å². The molecule has 0 bridgehead atoms. The lowest BCUT2D eigenvalue weighted by molar-refractivity contribution is 0.252. The van der Waals surface area contributed by atoms with Gasteiger partial charge in [-0.15, -0.1) is 11.8 Å². The summed E-state index contributed by atoms with van der Waals surface area (Å²) in [4.78, 5) is 14.8. The molecule has 144 valence electrons. The van der Waals surface area contributed by atoms with Crippen molar-refractivity contribution in [2.45, 2.75) is 24.2 Å². The van der Waals surface area contributed by atoms with Gasteiger partial charge in [0.2, 0.25) is 0 Å². The molecule has 2 aromatic carbocycles. The van der Waals surface area contributed by atoms with Crippen molar-refractivity contribution in [2.75, 3.05) is 35.6 Å². The molecule has 0 spiro atoms. The molecule has 2 N–H and O–H groups in total. The molecule has 7 heteroatoms.